The van der Waals surface area contributed by atoms with Crippen LogP contribution in [0.3, 0.4) is 0 Å². The van der Waals surface area contributed by atoms with Crippen LogP contribution in [0.4, 0.5) is 4.39 Å². The van der Waals surface area contributed by atoms with E-state index in [2.05, 4.69) is 15.9 Å². The number of aryl methyl sites for hydroxylation is 1. The van der Waals surface area contributed by atoms with E-state index in [4.69, 9.17) is 4.74 Å². The number of hydrogen-bond donors (Lipinski definition) is 0. The van der Waals surface area contributed by atoms with Crippen molar-refractivity contribution in [2.45, 2.75) is 13.3 Å². The highest BCUT2D eigenvalue weighted by Gasteiger charge is 1.99. The number of halogens is 2. The van der Waals surface area contributed by atoms with Gasteiger partial charge >= 0.3 is 0 Å². The van der Waals surface area contributed by atoms with E-state index in [0.717, 1.165) is 15.8 Å². The molecule has 0 unspecified atom stereocenters. The summed E-state index contributed by atoms with van der Waals surface area (Å²) in [5.41, 5.74) is 1.07. The lowest BCUT2D eigenvalue weighted by molar-refractivity contribution is 0.288. The fourth-order valence-corrected chi connectivity index (χ4v) is 1.31. The fourth-order valence-electron chi connectivity index (χ4n) is 0.966. The second kappa shape index (κ2) is 5.22. The van der Waals surface area contributed by atoms with E-state index in [9.17, 15) is 4.39 Å². The molecule has 0 aliphatic rings. The molecule has 0 spiro atoms. The number of hydrogen-bond acceptors (Lipinski definition) is 1. The predicted molar refractivity (Wildman–Crippen MR) is 55.0 cm³/mol. The largest absolute Gasteiger partial charge is 0.493 e. The molecule has 3 heteroatoms. The third-order valence-electron chi connectivity index (χ3n) is 1.69. The molecule has 0 bridgehead atoms. The fraction of sp³-hybridized carbons (Fsp3) is 0.400. The molecule has 1 rings (SSSR count). The Balaban J connectivity index is 2.59. The van der Waals surface area contributed by atoms with E-state index >= 15 is 0 Å². The van der Waals surface area contributed by atoms with Crippen LogP contribution < -0.4 is 4.74 Å². The lowest BCUT2D eigenvalue weighted by Gasteiger charge is -2.07. The van der Waals surface area contributed by atoms with Gasteiger partial charge in [-0.3, -0.25) is 4.39 Å². The summed E-state index contributed by atoms with van der Waals surface area (Å²) in [6, 6.07) is 5.82. The molecule has 0 N–H and O–H groups in total. The summed E-state index contributed by atoms with van der Waals surface area (Å²) in [6.45, 7) is 2.08. The Morgan fingerprint density at radius 2 is 2.23 bits per heavy atom. The number of ether oxygens (including phenoxy) is 1. The van der Waals surface area contributed by atoms with Crippen molar-refractivity contribution in [3.63, 3.8) is 0 Å². The third kappa shape index (κ3) is 3.35. The SMILES string of the molecule is Cc1ccc(Br)cc1OCCCF. The molecule has 1 nitrogen and oxygen atoms in total. The monoisotopic (exact) mass is 246 g/mol. The minimum absolute atomic E-state index is 0.326. The van der Waals surface area contributed by atoms with Crippen molar-refractivity contribution in [2.75, 3.05) is 13.3 Å². The van der Waals surface area contributed by atoms with Crippen molar-refractivity contribution in [1.82, 2.24) is 0 Å². The van der Waals surface area contributed by atoms with Crippen LogP contribution in [0.1, 0.15) is 12.0 Å². The molecule has 1 aromatic rings. The first-order valence-corrected chi connectivity index (χ1v) is 4.98. The average Bonchev–Trinajstić information content (AvgIpc) is 2.11. The van der Waals surface area contributed by atoms with Gasteiger partial charge in [0.15, 0.2) is 0 Å². The molecule has 0 atom stereocenters. The molecule has 0 radical (unpaired) electrons. The van der Waals surface area contributed by atoms with Gasteiger partial charge in [-0.05, 0) is 24.6 Å². The predicted octanol–water partition coefficient (Wildman–Crippen LogP) is 3.50. The Morgan fingerprint density at radius 1 is 1.46 bits per heavy atom. The maximum Gasteiger partial charge on any atom is 0.123 e. The summed E-state index contributed by atoms with van der Waals surface area (Å²) >= 11 is 3.35. The van der Waals surface area contributed by atoms with Crippen LogP contribution in [-0.2, 0) is 0 Å². The van der Waals surface area contributed by atoms with Crippen molar-refractivity contribution >= 4 is 15.9 Å². The van der Waals surface area contributed by atoms with Crippen molar-refractivity contribution in [1.29, 1.82) is 0 Å². The van der Waals surface area contributed by atoms with Gasteiger partial charge < -0.3 is 4.74 Å². The van der Waals surface area contributed by atoms with Gasteiger partial charge in [0.05, 0.1) is 13.3 Å². The first-order chi connectivity index (χ1) is 6.24. The van der Waals surface area contributed by atoms with Crippen LogP contribution in [0.2, 0.25) is 0 Å². The molecule has 0 aromatic heterocycles. The molecular formula is C10H12BrFO. The van der Waals surface area contributed by atoms with E-state index in [0.29, 0.717) is 13.0 Å². The number of benzene rings is 1. The highest BCUT2D eigenvalue weighted by Crippen LogP contribution is 2.22. The quantitative estimate of drug-likeness (QED) is 0.740. The molecule has 0 saturated heterocycles. The van der Waals surface area contributed by atoms with E-state index in [1.165, 1.54) is 0 Å². The lowest BCUT2D eigenvalue weighted by Crippen LogP contribution is -1.99. The van der Waals surface area contributed by atoms with Gasteiger partial charge in [-0.2, -0.15) is 0 Å². The van der Waals surface area contributed by atoms with Crippen molar-refractivity contribution in [2.24, 2.45) is 0 Å². The lowest BCUT2D eigenvalue weighted by atomic mass is 10.2. The minimum atomic E-state index is -0.326. The summed E-state index contributed by atoms with van der Waals surface area (Å²) in [7, 11) is 0. The van der Waals surface area contributed by atoms with Crippen LogP contribution >= 0.6 is 15.9 Å². The molecule has 0 saturated carbocycles. The second-order valence-corrected chi connectivity index (χ2v) is 3.72. The van der Waals surface area contributed by atoms with Crippen molar-refractivity contribution < 1.29 is 9.13 Å². The Labute approximate surface area is 86.0 Å². The molecule has 0 amide bonds. The van der Waals surface area contributed by atoms with E-state index in [-0.39, 0.29) is 6.67 Å². The van der Waals surface area contributed by atoms with Crippen LogP contribution in [-0.4, -0.2) is 13.3 Å². The van der Waals surface area contributed by atoms with E-state index in [1.807, 2.05) is 25.1 Å². The van der Waals surface area contributed by atoms with Crippen molar-refractivity contribution in [3.8, 4) is 5.75 Å². The Kier molecular flexibility index (Phi) is 4.22. The smallest absolute Gasteiger partial charge is 0.123 e. The maximum atomic E-state index is 11.8. The zero-order chi connectivity index (χ0) is 9.68. The molecule has 0 fully saturated rings. The van der Waals surface area contributed by atoms with Gasteiger partial charge in [-0.1, -0.05) is 22.0 Å². The third-order valence-corrected chi connectivity index (χ3v) is 2.18. The number of alkyl halides is 1. The Morgan fingerprint density at radius 3 is 2.92 bits per heavy atom. The van der Waals surface area contributed by atoms with Gasteiger partial charge in [0.1, 0.15) is 5.75 Å². The molecular weight excluding hydrogens is 235 g/mol. The minimum Gasteiger partial charge on any atom is -0.493 e. The van der Waals surface area contributed by atoms with Gasteiger partial charge in [-0.25, -0.2) is 0 Å². The average molecular weight is 247 g/mol. The molecule has 0 aliphatic carbocycles. The van der Waals surface area contributed by atoms with Gasteiger partial charge in [0.2, 0.25) is 0 Å². The molecule has 72 valence electrons. The van der Waals surface area contributed by atoms with Crippen LogP contribution in [0.15, 0.2) is 22.7 Å². The van der Waals surface area contributed by atoms with Crippen molar-refractivity contribution in [3.05, 3.63) is 28.2 Å². The highest BCUT2D eigenvalue weighted by molar-refractivity contribution is 9.10. The molecule has 0 aliphatic heterocycles. The second-order valence-electron chi connectivity index (χ2n) is 2.80. The summed E-state index contributed by atoms with van der Waals surface area (Å²) in [5.74, 6) is 0.822. The van der Waals surface area contributed by atoms with Gasteiger partial charge in [0, 0.05) is 10.9 Å². The summed E-state index contributed by atoms with van der Waals surface area (Å²) in [4.78, 5) is 0. The normalized spacial score (nSPS) is 10.1. The van der Waals surface area contributed by atoms with Crippen LogP contribution in [0.25, 0.3) is 0 Å². The molecule has 1 aromatic carbocycles. The summed E-state index contributed by atoms with van der Waals surface area (Å²) < 4.78 is 18.2. The van der Waals surface area contributed by atoms with Crippen LogP contribution in [0, 0.1) is 6.92 Å². The Hall–Kier alpha value is -0.570. The maximum absolute atomic E-state index is 11.8. The number of rotatable bonds is 4. The molecule has 13 heavy (non-hydrogen) atoms. The standard InChI is InChI=1S/C10H12BrFO/c1-8-3-4-9(11)7-10(8)13-6-2-5-12/h3-4,7H,2,5-6H2,1H3. The zero-order valence-corrected chi connectivity index (χ0v) is 9.10. The zero-order valence-electron chi connectivity index (χ0n) is 7.52. The summed E-state index contributed by atoms with van der Waals surface area (Å²) in [5, 5.41) is 0. The topological polar surface area (TPSA) is 9.23 Å². The Bertz CT molecular complexity index is 276. The van der Waals surface area contributed by atoms with E-state index in [1.54, 1.807) is 0 Å². The van der Waals surface area contributed by atoms with E-state index < -0.39 is 0 Å². The summed E-state index contributed by atoms with van der Waals surface area (Å²) in [6.07, 6.45) is 0.450. The first kappa shape index (κ1) is 10.5. The van der Waals surface area contributed by atoms with Crippen LogP contribution in [0.5, 0.6) is 5.75 Å². The van der Waals surface area contributed by atoms with Gasteiger partial charge in [0.25, 0.3) is 0 Å². The van der Waals surface area contributed by atoms with Gasteiger partial charge in [-0.15, -0.1) is 0 Å². The first-order valence-electron chi connectivity index (χ1n) is 4.19. The highest BCUT2D eigenvalue weighted by atomic mass is 79.9. The molecule has 0 heterocycles.